The fraction of sp³-hybridized carbons (Fsp3) is 0.214. The summed E-state index contributed by atoms with van der Waals surface area (Å²) < 4.78 is 40.4. The number of halogens is 3. The molecule has 112 valence electrons. The van der Waals surface area contributed by atoms with Crippen molar-refractivity contribution in [1.29, 1.82) is 0 Å². The summed E-state index contributed by atoms with van der Waals surface area (Å²) in [6, 6.07) is 9.14. The van der Waals surface area contributed by atoms with Crippen molar-refractivity contribution < 1.29 is 17.9 Å². The topological polar surface area (TPSA) is 46.2 Å². The molecule has 0 aliphatic carbocycles. The van der Waals surface area contributed by atoms with Crippen LogP contribution in [0.3, 0.4) is 0 Å². The number of ether oxygens (including phenoxy) is 1. The first-order chi connectivity index (χ1) is 9.96. The van der Waals surface area contributed by atoms with E-state index in [0.29, 0.717) is 17.2 Å². The van der Waals surface area contributed by atoms with E-state index in [0.717, 1.165) is 6.54 Å². The number of anilines is 3. The SMILES string of the molecule is CCNc1cc(Nc2cccc(OC(F)(F)F)c2)ccn1. The zero-order valence-corrected chi connectivity index (χ0v) is 11.2. The molecule has 1 aromatic carbocycles. The van der Waals surface area contributed by atoms with Gasteiger partial charge in [0.15, 0.2) is 0 Å². The molecule has 2 N–H and O–H groups in total. The third kappa shape index (κ3) is 4.87. The molecule has 1 aromatic heterocycles. The highest BCUT2D eigenvalue weighted by Crippen LogP contribution is 2.26. The Balaban J connectivity index is 2.12. The number of alkyl halides is 3. The van der Waals surface area contributed by atoms with E-state index in [9.17, 15) is 13.2 Å². The molecular formula is C14H14F3N3O. The van der Waals surface area contributed by atoms with Crippen molar-refractivity contribution in [2.75, 3.05) is 17.2 Å². The Bertz CT molecular complexity index is 602. The van der Waals surface area contributed by atoms with Crippen LogP contribution in [-0.2, 0) is 0 Å². The van der Waals surface area contributed by atoms with Crippen molar-refractivity contribution in [1.82, 2.24) is 4.98 Å². The Labute approximate surface area is 120 Å². The van der Waals surface area contributed by atoms with Gasteiger partial charge < -0.3 is 15.4 Å². The van der Waals surface area contributed by atoms with E-state index in [2.05, 4.69) is 20.4 Å². The van der Waals surface area contributed by atoms with Crippen molar-refractivity contribution >= 4 is 17.2 Å². The number of nitrogens with zero attached hydrogens (tertiary/aromatic N) is 1. The monoisotopic (exact) mass is 297 g/mol. The number of rotatable bonds is 5. The van der Waals surface area contributed by atoms with Crippen LogP contribution in [-0.4, -0.2) is 17.9 Å². The minimum absolute atomic E-state index is 0.270. The van der Waals surface area contributed by atoms with Gasteiger partial charge in [-0.2, -0.15) is 0 Å². The van der Waals surface area contributed by atoms with Crippen LogP contribution in [0.2, 0.25) is 0 Å². The molecule has 0 aliphatic heterocycles. The van der Waals surface area contributed by atoms with Gasteiger partial charge in [0.25, 0.3) is 0 Å². The summed E-state index contributed by atoms with van der Waals surface area (Å²) in [4.78, 5) is 4.11. The van der Waals surface area contributed by atoms with Crippen LogP contribution >= 0.6 is 0 Å². The summed E-state index contributed by atoms with van der Waals surface area (Å²) in [7, 11) is 0. The molecule has 0 bridgehead atoms. The van der Waals surface area contributed by atoms with Gasteiger partial charge in [-0.25, -0.2) is 4.98 Å². The third-order valence-corrected chi connectivity index (χ3v) is 2.47. The Morgan fingerprint density at radius 1 is 1.14 bits per heavy atom. The molecule has 21 heavy (non-hydrogen) atoms. The Kier molecular flexibility index (Phi) is 4.52. The molecule has 0 spiro atoms. The average Bonchev–Trinajstić information content (AvgIpc) is 2.38. The van der Waals surface area contributed by atoms with Crippen LogP contribution < -0.4 is 15.4 Å². The van der Waals surface area contributed by atoms with Crippen molar-refractivity contribution in [3.8, 4) is 5.75 Å². The van der Waals surface area contributed by atoms with Gasteiger partial charge in [0.2, 0.25) is 0 Å². The lowest BCUT2D eigenvalue weighted by molar-refractivity contribution is -0.274. The van der Waals surface area contributed by atoms with Crippen molar-refractivity contribution in [3.05, 3.63) is 42.6 Å². The van der Waals surface area contributed by atoms with Gasteiger partial charge in [0, 0.05) is 36.2 Å². The molecular weight excluding hydrogens is 283 g/mol. The molecule has 7 heteroatoms. The van der Waals surface area contributed by atoms with Crippen LogP contribution in [0, 0.1) is 0 Å². The largest absolute Gasteiger partial charge is 0.573 e. The zero-order chi connectivity index (χ0) is 15.3. The number of nitrogens with one attached hydrogen (secondary N) is 2. The molecule has 0 fully saturated rings. The van der Waals surface area contributed by atoms with E-state index in [4.69, 9.17) is 0 Å². The van der Waals surface area contributed by atoms with E-state index in [1.807, 2.05) is 6.92 Å². The van der Waals surface area contributed by atoms with Gasteiger partial charge in [-0.15, -0.1) is 13.2 Å². The summed E-state index contributed by atoms with van der Waals surface area (Å²) in [5.41, 5.74) is 1.20. The summed E-state index contributed by atoms with van der Waals surface area (Å²) in [6.45, 7) is 2.67. The molecule has 0 saturated heterocycles. The highest BCUT2D eigenvalue weighted by Gasteiger charge is 2.31. The van der Waals surface area contributed by atoms with E-state index >= 15 is 0 Å². The minimum Gasteiger partial charge on any atom is -0.406 e. The Morgan fingerprint density at radius 2 is 1.90 bits per heavy atom. The molecule has 2 aromatic rings. The Morgan fingerprint density at radius 3 is 2.62 bits per heavy atom. The Hall–Kier alpha value is -2.44. The van der Waals surface area contributed by atoms with Crippen LogP contribution in [0.5, 0.6) is 5.75 Å². The molecule has 4 nitrogen and oxygen atoms in total. The maximum atomic E-state index is 12.2. The first kappa shape index (κ1) is 15.0. The quantitative estimate of drug-likeness (QED) is 0.870. The lowest BCUT2D eigenvalue weighted by atomic mass is 10.3. The third-order valence-electron chi connectivity index (χ3n) is 2.47. The van der Waals surface area contributed by atoms with Gasteiger partial charge >= 0.3 is 6.36 Å². The summed E-state index contributed by atoms with van der Waals surface area (Å²) >= 11 is 0. The number of benzene rings is 1. The molecule has 0 radical (unpaired) electrons. The van der Waals surface area contributed by atoms with Gasteiger partial charge in [-0.1, -0.05) is 6.07 Å². The molecule has 0 aliphatic rings. The molecule has 1 heterocycles. The highest BCUT2D eigenvalue weighted by molar-refractivity contribution is 5.63. The van der Waals surface area contributed by atoms with E-state index in [1.54, 1.807) is 24.4 Å². The standard InChI is InChI=1S/C14H14F3N3O/c1-2-18-13-9-11(6-7-19-13)20-10-4-3-5-12(8-10)21-14(15,16)17/h3-9H,2H2,1H3,(H2,18,19,20). The number of hydrogen-bond donors (Lipinski definition) is 2. The predicted molar refractivity (Wildman–Crippen MR) is 74.8 cm³/mol. The average molecular weight is 297 g/mol. The summed E-state index contributed by atoms with van der Waals surface area (Å²) in [5.74, 6) is 0.415. The maximum Gasteiger partial charge on any atom is 0.573 e. The molecule has 2 rings (SSSR count). The molecule has 0 amide bonds. The minimum atomic E-state index is -4.70. The van der Waals surface area contributed by atoms with Gasteiger partial charge in [0.1, 0.15) is 11.6 Å². The predicted octanol–water partition coefficient (Wildman–Crippen LogP) is 4.16. The van der Waals surface area contributed by atoms with E-state index in [1.165, 1.54) is 18.2 Å². The van der Waals surface area contributed by atoms with E-state index in [-0.39, 0.29) is 5.75 Å². The van der Waals surface area contributed by atoms with Crippen LogP contribution in [0.1, 0.15) is 6.92 Å². The first-order valence-corrected chi connectivity index (χ1v) is 6.29. The second-order valence-corrected chi connectivity index (χ2v) is 4.16. The van der Waals surface area contributed by atoms with Crippen molar-refractivity contribution in [2.24, 2.45) is 0 Å². The van der Waals surface area contributed by atoms with Crippen LogP contribution in [0.4, 0.5) is 30.4 Å². The smallest absolute Gasteiger partial charge is 0.406 e. The second kappa shape index (κ2) is 6.34. The maximum absolute atomic E-state index is 12.2. The summed E-state index contributed by atoms with van der Waals surface area (Å²) in [6.07, 6.45) is -3.09. The van der Waals surface area contributed by atoms with E-state index < -0.39 is 6.36 Å². The van der Waals surface area contributed by atoms with Gasteiger partial charge in [-0.05, 0) is 25.1 Å². The zero-order valence-electron chi connectivity index (χ0n) is 11.2. The molecule has 0 unspecified atom stereocenters. The van der Waals surface area contributed by atoms with Crippen LogP contribution in [0.25, 0.3) is 0 Å². The first-order valence-electron chi connectivity index (χ1n) is 6.29. The lowest BCUT2D eigenvalue weighted by Gasteiger charge is -2.12. The van der Waals surface area contributed by atoms with Crippen molar-refractivity contribution in [2.45, 2.75) is 13.3 Å². The second-order valence-electron chi connectivity index (χ2n) is 4.16. The summed E-state index contributed by atoms with van der Waals surface area (Å²) in [5, 5.41) is 6.05. The normalized spacial score (nSPS) is 11.0. The highest BCUT2D eigenvalue weighted by atomic mass is 19.4. The van der Waals surface area contributed by atoms with Gasteiger partial charge in [-0.3, -0.25) is 0 Å². The van der Waals surface area contributed by atoms with Crippen molar-refractivity contribution in [3.63, 3.8) is 0 Å². The lowest BCUT2D eigenvalue weighted by Crippen LogP contribution is -2.17. The number of hydrogen-bond acceptors (Lipinski definition) is 4. The molecule has 0 atom stereocenters. The fourth-order valence-electron chi connectivity index (χ4n) is 1.72. The molecule has 0 saturated carbocycles. The van der Waals surface area contributed by atoms with Gasteiger partial charge in [0.05, 0.1) is 0 Å². The van der Waals surface area contributed by atoms with Crippen LogP contribution in [0.15, 0.2) is 42.6 Å². The number of aromatic nitrogens is 1. The fourth-order valence-corrected chi connectivity index (χ4v) is 1.72. The number of pyridine rings is 1.